The molecule has 0 radical (unpaired) electrons. The van der Waals surface area contributed by atoms with E-state index >= 15 is 0 Å². The van der Waals surface area contributed by atoms with Crippen LogP contribution < -0.4 is 31.0 Å². The van der Waals surface area contributed by atoms with Gasteiger partial charge in [-0.15, -0.1) is 0 Å². The Labute approximate surface area is 186 Å². The molecule has 8 nitrogen and oxygen atoms in total. The van der Waals surface area contributed by atoms with Crippen molar-refractivity contribution in [2.45, 2.75) is 6.54 Å². The van der Waals surface area contributed by atoms with Crippen LogP contribution in [0.1, 0.15) is 15.9 Å². The Morgan fingerprint density at radius 2 is 1.88 bits per heavy atom. The molecule has 0 saturated carbocycles. The molecule has 2 aromatic carbocycles. The molecule has 1 aliphatic rings. The highest BCUT2D eigenvalue weighted by Crippen LogP contribution is 2.34. The number of nitrogens with one attached hydrogen (secondary N) is 4. The molecule has 4 rings (SSSR count). The monoisotopic (exact) mass is 457 g/mol. The molecule has 0 bridgehead atoms. The Hall–Kier alpha value is -3.99. The standard InChI is InChI=1S/C21H17F2N5O3S/c22-15-5-3-12(8-16(15)23)10-25-19-14(2-1-7-24-19)20(29)27-28-21(32)26-13-4-6-17-18(9-13)31-11-30-17/h1-9H,10-11H2,(H,24,25)(H,27,29)(H2,26,28,32). The number of hydrazine groups is 1. The van der Waals surface area contributed by atoms with Crippen molar-refractivity contribution in [3.63, 3.8) is 0 Å². The Morgan fingerprint density at radius 3 is 2.72 bits per heavy atom. The summed E-state index contributed by atoms with van der Waals surface area (Å²) in [7, 11) is 0. The summed E-state index contributed by atoms with van der Waals surface area (Å²) in [6.45, 7) is 0.307. The highest BCUT2D eigenvalue weighted by atomic mass is 32.1. The summed E-state index contributed by atoms with van der Waals surface area (Å²) >= 11 is 5.20. The van der Waals surface area contributed by atoms with Crippen LogP contribution in [0.4, 0.5) is 20.3 Å². The van der Waals surface area contributed by atoms with Gasteiger partial charge in [0.15, 0.2) is 28.2 Å². The van der Waals surface area contributed by atoms with Crippen LogP contribution in [0, 0.1) is 11.6 Å². The van der Waals surface area contributed by atoms with Crippen LogP contribution in [0.2, 0.25) is 0 Å². The first-order chi connectivity index (χ1) is 15.5. The lowest BCUT2D eigenvalue weighted by atomic mass is 10.2. The van der Waals surface area contributed by atoms with Crippen LogP contribution in [0.3, 0.4) is 0 Å². The number of hydrogen-bond acceptors (Lipinski definition) is 6. The normalized spacial score (nSPS) is 11.6. The van der Waals surface area contributed by atoms with Crippen molar-refractivity contribution in [3.8, 4) is 11.5 Å². The highest BCUT2D eigenvalue weighted by molar-refractivity contribution is 7.80. The molecular weight excluding hydrogens is 440 g/mol. The molecule has 164 valence electrons. The van der Waals surface area contributed by atoms with Crippen LogP contribution in [-0.2, 0) is 6.54 Å². The molecule has 11 heteroatoms. The predicted octanol–water partition coefficient (Wildman–Crippen LogP) is 3.33. The van der Waals surface area contributed by atoms with Crippen molar-refractivity contribution in [2.75, 3.05) is 17.4 Å². The predicted molar refractivity (Wildman–Crippen MR) is 117 cm³/mol. The average molecular weight is 457 g/mol. The Morgan fingerprint density at radius 1 is 1.03 bits per heavy atom. The van der Waals surface area contributed by atoms with Gasteiger partial charge in [-0.3, -0.25) is 15.6 Å². The second-order valence-corrected chi connectivity index (χ2v) is 7.01. The number of ether oxygens (including phenoxy) is 2. The van der Waals surface area contributed by atoms with E-state index in [2.05, 4.69) is 26.5 Å². The molecule has 0 aliphatic carbocycles. The van der Waals surface area contributed by atoms with Crippen molar-refractivity contribution < 1.29 is 23.0 Å². The van der Waals surface area contributed by atoms with E-state index in [0.29, 0.717) is 22.7 Å². The molecule has 3 aromatic rings. The Kier molecular flexibility index (Phi) is 6.26. The fraction of sp³-hybridized carbons (Fsp3) is 0.0952. The molecule has 0 saturated heterocycles. The van der Waals surface area contributed by atoms with Crippen LogP contribution in [0.5, 0.6) is 11.5 Å². The Balaban J connectivity index is 1.34. The lowest BCUT2D eigenvalue weighted by Gasteiger charge is -2.14. The first-order valence-electron chi connectivity index (χ1n) is 9.39. The minimum atomic E-state index is -0.948. The van der Waals surface area contributed by atoms with Gasteiger partial charge in [0.2, 0.25) is 6.79 Å². The summed E-state index contributed by atoms with van der Waals surface area (Å²) in [5, 5.41) is 6.02. The first-order valence-corrected chi connectivity index (χ1v) is 9.80. The van der Waals surface area contributed by atoms with Gasteiger partial charge < -0.3 is 20.1 Å². The molecule has 0 atom stereocenters. The third-order valence-corrected chi connectivity index (χ3v) is 4.62. The largest absolute Gasteiger partial charge is 0.454 e. The topological polar surface area (TPSA) is 96.5 Å². The quantitative estimate of drug-likeness (QED) is 0.342. The van der Waals surface area contributed by atoms with Crippen LogP contribution in [0.15, 0.2) is 54.7 Å². The van der Waals surface area contributed by atoms with E-state index in [-0.39, 0.29) is 29.8 Å². The zero-order valence-electron chi connectivity index (χ0n) is 16.4. The van der Waals surface area contributed by atoms with Gasteiger partial charge >= 0.3 is 0 Å². The number of rotatable bonds is 5. The van der Waals surface area contributed by atoms with Crippen LogP contribution >= 0.6 is 12.2 Å². The van der Waals surface area contributed by atoms with E-state index < -0.39 is 17.5 Å². The van der Waals surface area contributed by atoms with Gasteiger partial charge in [-0.1, -0.05) is 6.07 Å². The Bertz CT molecular complexity index is 1180. The second kappa shape index (κ2) is 9.43. The van der Waals surface area contributed by atoms with E-state index in [0.717, 1.165) is 12.1 Å². The second-order valence-electron chi connectivity index (χ2n) is 6.60. The summed E-state index contributed by atoms with van der Waals surface area (Å²) in [4.78, 5) is 16.7. The number of carbonyl (C=O) groups is 1. The van der Waals surface area contributed by atoms with Crippen LogP contribution in [-0.4, -0.2) is 22.8 Å². The van der Waals surface area contributed by atoms with Crippen molar-refractivity contribution in [1.82, 2.24) is 15.8 Å². The van der Waals surface area contributed by atoms with Gasteiger partial charge in [-0.05, 0) is 54.2 Å². The number of fused-ring (bicyclic) bond motifs is 1. The minimum absolute atomic E-state index is 0.145. The summed E-state index contributed by atoms with van der Waals surface area (Å²) < 4.78 is 37.0. The fourth-order valence-electron chi connectivity index (χ4n) is 2.88. The summed E-state index contributed by atoms with van der Waals surface area (Å²) in [5.41, 5.74) is 6.48. The van der Waals surface area contributed by atoms with Gasteiger partial charge in [-0.25, -0.2) is 13.8 Å². The van der Waals surface area contributed by atoms with E-state index in [1.165, 1.54) is 12.3 Å². The zero-order valence-corrected chi connectivity index (χ0v) is 17.3. The van der Waals surface area contributed by atoms with Gasteiger partial charge in [0.25, 0.3) is 5.91 Å². The smallest absolute Gasteiger partial charge is 0.273 e. The molecule has 32 heavy (non-hydrogen) atoms. The van der Waals surface area contributed by atoms with Crippen molar-refractivity contribution in [3.05, 3.63) is 77.5 Å². The first kappa shape index (κ1) is 21.2. The third-order valence-electron chi connectivity index (χ3n) is 4.42. The maximum absolute atomic E-state index is 13.4. The van der Waals surface area contributed by atoms with Gasteiger partial charge in [0, 0.05) is 24.5 Å². The van der Waals surface area contributed by atoms with Gasteiger partial charge in [0.05, 0.1) is 5.56 Å². The average Bonchev–Trinajstić information content (AvgIpc) is 3.26. The summed E-state index contributed by atoms with van der Waals surface area (Å²) in [5.74, 6) is -0.873. The fourth-order valence-corrected chi connectivity index (χ4v) is 3.05. The lowest BCUT2D eigenvalue weighted by molar-refractivity contribution is 0.0944. The number of carbonyl (C=O) groups excluding carboxylic acids is 1. The minimum Gasteiger partial charge on any atom is -0.454 e. The number of benzene rings is 2. The number of anilines is 2. The molecule has 0 fully saturated rings. The number of halogens is 2. The zero-order chi connectivity index (χ0) is 22.5. The maximum atomic E-state index is 13.4. The molecule has 2 heterocycles. The molecule has 1 amide bonds. The number of amides is 1. The number of thiocarbonyl (C=S) groups is 1. The number of nitrogens with zero attached hydrogens (tertiary/aromatic N) is 1. The molecule has 0 unspecified atom stereocenters. The number of aromatic nitrogens is 1. The third kappa shape index (κ3) is 5.01. The molecule has 0 spiro atoms. The van der Waals surface area contributed by atoms with Crippen molar-refractivity contribution in [1.29, 1.82) is 0 Å². The van der Waals surface area contributed by atoms with Crippen LogP contribution in [0.25, 0.3) is 0 Å². The number of pyridine rings is 1. The van der Waals surface area contributed by atoms with E-state index in [9.17, 15) is 13.6 Å². The molecule has 4 N–H and O–H groups in total. The molecule has 1 aromatic heterocycles. The van der Waals surface area contributed by atoms with Crippen molar-refractivity contribution >= 4 is 34.7 Å². The molecule has 1 aliphatic heterocycles. The van der Waals surface area contributed by atoms with Crippen molar-refractivity contribution in [2.24, 2.45) is 0 Å². The van der Waals surface area contributed by atoms with E-state index in [1.807, 2.05) is 0 Å². The van der Waals surface area contributed by atoms with Gasteiger partial charge in [-0.2, -0.15) is 0 Å². The van der Waals surface area contributed by atoms with E-state index in [1.54, 1.807) is 30.3 Å². The van der Waals surface area contributed by atoms with E-state index in [4.69, 9.17) is 21.7 Å². The number of hydrogen-bond donors (Lipinski definition) is 4. The SMILES string of the molecule is O=C(NNC(=S)Nc1ccc2c(c1)OCO2)c1cccnc1NCc1ccc(F)c(F)c1. The lowest BCUT2D eigenvalue weighted by Crippen LogP contribution is -2.44. The van der Waals surface area contributed by atoms with Gasteiger partial charge in [0.1, 0.15) is 5.82 Å². The highest BCUT2D eigenvalue weighted by Gasteiger charge is 2.15. The maximum Gasteiger partial charge on any atom is 0.273 e. The molecular formula is C21H17F2N5O3S. The summed E-state index contributed by atoms with van der Waals surface area (Å²) in [6.07, 6.45) is 1.50. The summed E-state index contributed by atoms with van der Waals surface area (Å²) in [6, 6.07) is 11.9.